The Morgan fingerprint density at radius 2 is 1.81 bits per heavy atom. The lowest BCUT2D eigenvalue weighted by molar-refractivity contribution is 0.0725. The Morgan fingerprint density at radius 3 is 2.44 bits per heavy atom. The Labute approximate surface area is 209 Å². The molecule has 3 aromatic heterocycles. The fraction of sp³-hybridized carbons (Fsp3) is 0.269. The van der Waals surface area contributed by atoms with Gasteiger partial charge in [0, 0.05) is 42.6 Å². The minimum atomic E-state index is -4.09. The smallest absolute Gasteiger partial charge is 0.259 e. The fourth-order valence-electron chi connectivity index (χ4n) is 4.36. The van der Waals surface area contributed by atoms with Crippen LogP contribution in [-0.2, 0) is 15.4 Å². The van der Waals surface area contributed by atoms with Crippen LogP contribution in [0.1, 0.15) is 42.4 Å². The number of aromatic nitrogens is 3. The van der Waals surface area contributed by atoms with Crippen LogP contribution in [-0.4, -0.2) is 59.5 Å². The van der Waals surface area contributed by atoms with E-state index in [9.17, 15) is 18.3 Å². The summed E-state index contributed by atoms with van der Waals surface area (Å²) in [6.07, 6.45) is 4.38. The topological polar surface area (TPSA) is 125 Å². The molecule has 0 fully saturated rings. The number of aliphatic hydroxyl groups is 1. The summed E-state index contributed by atoms with van der Waals surface area (Å²) in [5, 5.41) is 12.4. The van der Waals surface area contributed by atoms with E-state index >= 15 is 0 Å². The van der Waals surface area contributed by atoms with E-state index in [4.69, 9.17) is 4.74 Å². The van der Waals surface area contributed by atoms with E-state index in [0.717, 1.165) is 0 Å². The Bertz CT molecular complexity index is 1510. The summed E-state index contributed by atoms with van der Waals surface area (Å²) in [5.41, 5.74) is -1.24. The van der Waals surface area contributed by atoms with Gasteiger partial charge < -0.3 is 19.7 Å². The van der Waals surface area contributed by atoms with Crippen LogP contribution in [0.5, 0.6) is 5.88 Å². The predicted molar refractivity (Wildman–Crippen MR) is 135 cm³/mol. The van der Waals surface area contributed by atoms with Crippen molar-refractivity contribution in [3.8, 4) is 5.88 Å². The molecule has 10 heteroatoms. The highest BCUT2D eigenvalue weighted by molar-refractivity contribution is 7.91. The quantitative estimate of drug-likeness (QED) is 0.373. The lowest BCUT2D eigenvalue weighted by Crippen LogP contribution is -2.35. The highest BCUT2D eigenvalue weighted by Gasteiger charge is 2.40. The van der Waals surface area contributed by atoms with Gasteiger partial charge in [-0.15, -0.1) is 0 Å². The number of hydrogen-bond donors (Lipinski definition) is 2. The van der Waals surface area contributed by atoms with Crippen LogP contribution in [0.2, 0.25) is 0 Å². The zero-order valence-electron chi connectivity index (χ0n) is 20.5. The summed E-state index contributed by atoms with van der Waals surface area (Å²) in [4.78, 5) is 26.4. The number of nitrogens with zero attached hydrogens (tertiary/aromatic N) is 3. The van der Waals surface area contributed by atoms with Gasteiger partial charge in [-0.3, -0.25) is 9.78 Å². The molecule has 0 bridgehead atoms. The van der Waals surface area contributed by atoms with Crippen molar-refractivity contribution in [3.63, 3.8) is 0 Å². The molecule has 0 spiro atoms. The van der Waals surface area contributed by atoms with Crippen molar-refractivity contribution in [1.82, 2.24) is 19.9 Å². The molecule has 1 amide bonds. The molecule has 1 unspecified atom stereocenters. The first-order valence-corrected chi connectivity index (χ1v) is 13.0. The van der Waals surface area contributed by atoms with E-state index in [1.54, 1.807) is 29.2 Å². The molecule has 0 aliphatic rings. The Kier molecular flexibility index (Phi) is 6.83. The van der Waals surface area contributed by atoms with Gasteiger partial charge in [0.05, 0.1) is 23.2 Å². The second kappa shape index (κ2) is 9.71. The van der Waals surface area contributed by atoms with E-state index in [-0.39, 0.29) is 38.4 Å². The molecule has 1 aromatic carbocycles. The number of methoxy groups -OCH3 is 1. The van der Waals surface area contributed by atoms with Crippen molar-refractivity contribution >= 4 is 26.6 Å². The molecule has 9 nitrogen and oxygen atoms in total. The van der Waals surface area contributed by atoms with E-state index in [2.05, 4.69) is 15.0 Å². The third-order valence-corrected chi connectivity index (χ3v) is 8.11. The zero-order valence-corrected chi connectivity index (χ0v) is 21.3. The summed E-state index contributed by atoms with van der Waals surface area (Å²) in [5.74, 6) is -0.347. The molecule has 3 heterocycles. The van der Waals surface area contributed by atoms with Crippen molar-refractivity contribution in [3.05, 3.63) is 77.9 Å². The van der Waals surface area contributed by atoms with Gasteiger partial charge in [0.1, 0.15) is 16.1 Å². The van der Waals surface area contributed by atoms with E-state index in [1.165, 1.54) is 50.8 Å². The molecule has 36 heavy (non-hydrogen) atoms. The summed E-state index contributed by atoms with van der Waals surface area (Å²) in [7, 11) is -2.70. The average molecular weight is 509 g/mol. The van der Waals surface area contributed by atoms with Crippen molar-refractivity contribution in [1.29, 1.82) is 0 Å². The van der Waals surface area contributed by atoms with Crippen LogP contribution in [0.25, 0.3) is 10.9 Å². The molecule has 0 radical (unpaired) electrons. The largest absolute Gasteiger partial charge is 0.480 e. The standard InChI is InChI=1S/C26H28N4O5S/c1-5-30(6-2)25(31)21-19(12-15-28-24(21)35-4)26(3,32)23-22(18-16-27-14-13-20(18)29-23)36(33,34)17-10-8-7-9-11-17/h7-16,29,32H,5-6H2,1-4H3. The monoisotopic (exact) mass is 508 g/mol. The number of carbonyl (C=O) groups is 1. The van der Waals surface area contributed by atoms with E-state index in [0.29, 0.717) is 24.0 Å². The molecule has 0 saturated heterocycles. The SMILES string of the molecule is CCN(CC)C(=O)c1c(C(C)(O)c2[nH]c3ccncc3c2S(=O)(=O)c2ccccc2)ccnc1OC. The van der Waals surface area contributed by atoms with Crippen molar-refractivity contribution in [2.24, 2.45) is 0 Å². The minimum Gasteiger partial charge on any atom is -0.480 e. The highest BCUT2D eigenvalue weighted by Crippen LogP contribution is 2.41. The maximum Gasteiger partial charge on any atom is 0.259 e. The Morgan fingerprint density at radius 1 is 1.11 bits per heavy atom. The first kappa shape index (κ1) is 25.3. The summed E-state index contributed by atoms with van der Waals surface area (Å²) < 4.78 is 33.2. The number of hydrogen-bond acceptors (Lipinski definition) is 7. The Balaban J connectivity index is 2.04. The average Bonchev–Trinajstić information content (AvgIpc) is 3.31. The predicted octanol–water partition coefficient (Wildman–Crippen LogP) is 3.54. The van der Waals surface area contributed by atoms with Crippen LogP contribution >= 0.6 is 0 Å². The second-order valence-corrected chi connectivity index (χ2v) is 10.2. The molecular formula is C26H28N4O5S. The maximum absolute atomic E-state index is 13.9. The molecule has 1 atom stereocenters. The number of nitrogens with one attached hydrogen (secondary N) is 1. The van der Waals surface area contributed by atoms with Crippen molar-refractivity contribution in [2.45, 2.75) is 36.2 Å². The maximum atomic E-state index is 13.9. The highest BCUT2D eigenvalue weighted by atomic mass is 32.2. The lowest BCUT2D eigenvalue weighted by Gasteiger charge is -2.29. The number of rotatable bonds is 8. The molecule has 188 valence electrons. The molecule has 4 aromatic rings. The third kappa shape index (κ3) is 4.12. The fourth-order valence-corrected chi connectivity index (χ4v) is 6.09. The van der Waals surface area contributed by atoms with E-state index < -0.39 is 15.4 Å². The number of carbonyl (C=O) groups excluding carboxylic acids is 1. The molecule has 0 aliphatic heterocycles. The Hall–Kier alpha value is -3.76. The second-order valence-electron chi connectivity index (χ2n) is 8.36. The van der Waals surface area contributed by atoms with Crippen molar-refractivity contribution in [2.75, 3.05) is 20.2 Å². The number of H-pyrrole nitrogens is 1. The molecule has 2 N–H and O–H groups in total. The molecule has 4 rings (SSSR count). The first-order valence-electron chi connectivity index (χ1n) is 11.5. The first-order chi connectivity index (χ1) is 17.2. The molecule has 0 aliphatic carbocycles. The number of ether oxygens (including phenoxy) is 1. The number of sulfone groups is 1. The number of fused-ring (bicyclic) bond motifs is 1. The summed E-state index contributed by atoms with van der Waals surface area (Å²) >= 11 is 0. The third-order valence-electron chi connectivity index (χ3n) is 6.26. The zero-order chi connectivity index (χ0) is 26.1. The van der Waals surface area contributed by atoms with Gasteiger partial charge in [-0.1, -0.05) is 18.2 Å². The summed E-state index contributed by atoms with van der Waals surface area (Å²) in [6.45, 7) is 6.00. The van der Waals surface area contributed by atoms with Gasteiger partial charge in [0.25, 0.3) is 5.91 Å². The minimum absolute atomic E-state index is 0.0104. The van der Waals surface area contributed by atoms with Gasteiger partial charge in [-0.25, -0.2) is 13.4 Å². The van der Waals surface area contributed by atoms with Gasteiger partial charge in [-0.05, 0) is 45.0 Å². The van der Waals surface area contributed by atoms with Crippen LogP contribution in [0.3, 0.4) is 0 Å². The van der Waals surface area contributed by atoms with Crippen LogP contribution in [0.4, 0.5) is 0 Å². The lowest BCUT2D eigenvalue weighted by atomic mass is 9.88. The van der Waals surface area contributed by atoms with Crippen LogP contribution in [0, 0.1) is 0 Å². The van der Waals surface area contributed by atoms with E-state index in [1.807, 2.05) is 13.8 Å². The van der Waals surface area contributed by atoms with Gasteiger partial charge in [0.15, 0.2) is 0 Å². The molecule has 0 saturated carbocycles. The van der Waals surface area contributed by atoms with Crippen molar-refractivity contribution < 1.29 is 23.1 Å². The van der Waals surface area contributed by atoms with Crippen LogP contribution in [0.15, 0.2) is 70.8 Å². The number of aromatic amines is 1. The van der Waals surface area contributed by atoms with Crippen LogP contribution < -0.4 is 4.74 Å². The van der Waals surface area contributed by atoms with Gasteiger partial charge in [-0.2, -0.15) is 0 Å². The number of pyridine rings is 2. The van der Waals surface area contributed by atoms with Gasteiger partial charge >= 0.3 is 0 Å². The summed E-state index contributed by atoms with van der Waals surface area (Å²) in [6, 6.07) is 11.1. The molecular weight excluding hydrogens is 480 g/mol. The number of amides is 1. The number of benzene rings is 1. The normalized spacial score (nSPS) is 13.4. The van der Waals surface area contributed by atoms with Gasteiger partial charge in [0.2, 0.25) is 15.7 Å².